The number of nitrogens with zero attached hydrogens (tertiary/aromatic N) is 2. The molecule has 23 heavy (non-hydrogen) atoms. The number of rotatable bonds is 3. The Labute approximate surface area is 138 Å². The topological polar surface area (TPSA) is 66.9 Å². The number of nitrogens with one attached hydrogen (secondary N) is 2. The summed E-state index contributed by atoms with van der Waals surface area (Å²) >= 11 is 11.5. The van der Waals surface area contributed by atoms with Crippen molar-refractivity contribution in [3.05, 3.63) is 45.8 Å². The first-order chi connectivity index (χ1) is 10.7. The van der Waals surface area contributed by atoms with Crippen LogP contribution in [0.15, 0.2) is 24.4 Å². The summed E-state index contributed by atoms with van der Waals surface area (Å²) in [4.78, 5) is 19.5. The minimum atomic E-state index is -4.59. The van der Waals surface area contributed by atoms with E-state index in [-0.39, 0.29) is 27.4 Å². The van der Waals surface area contributed by atoms with E-state index < -0.39 is 17.6 Å². The highest BCUT2D eigenvalue weighted by Crippen LogP contribution is 2.32. The number of carbonyl (C=O) groups excluding carboxylic acids is 1. The van der Waals surface area contributed by atoms with Gasteiger partial charge in [-0.1, -0.05) is 23.2 Å². The van der Waals surface area contributed by atoms with Gasteiger partial charge in [0.1, 0.15) is 16.7 Å². The molecule has 0 aliphatic carbocycles. The maximum absolute atomic E-state index is 12.8. The Morgan fingerprint density at radius 3 is 2.57 bits per heavy atom. The van der Waals surface area contributed by atoms with Crippen LogP contribution in [0.5, 0.6) is 0 Å². The van der Waals surface area contributed by atoms with E-state index >= 15 is 0 Å². The van der Waals surface area contributed by atoms with Crippen LogP contribution in [0, 0.1) is 0 Å². The van der Waals surface area contributed by atoms with Gasteiger partial charge in [0.05, 0.1) is 16.3 Å². The molecule has 1 amide bonds. The molecule has 5 nitrogen and oxygen atoms in total. The van der Waals surface area contributed by atoms with Gasteiger partial charge in [-0.15, -0.1) is 0 Å². The van der Waals surface area contributed by atoms with Crippen LogP contribution in [-0.2, 0) is 6.18 Å². The van der Waals surface area contributed by atoms with E-state index in [1.165, 1.54) is 19.2 Å². The Kier molecular flexibility index (Phi) is 4.96. The van der Waals surface area contributed by atoms with E-state index in [0.29, 0.717) is 6.20 Å². The monoisotopic (exact) mass is 364 g/mol. The maximum atomic E-state index is 12.8. The SMILES string of the molecule is CNc1ncc(C(F)(F)F)cc1NC(=O)c1nc(Cl)ccc1Cl. The van der Waals surface area contributed by atoms with Crippen molar-refractivity contribution in [3.63, 3.8) is 0 Å². The van der Waals surface area contributed by atoms with Crippen molar-refractivity contribution in [3.8, 4) is 0 Å². The average Bonchev–Trinajstić information content (AvgIpc) is 2.48. The van der Waals surface area contributed by atoms with Crippen molar-refractivity contribution >= 4 is 40.6 Å². The molecule has 2 aromatic heterocycles. The predicted molar refractivity (Wildman–Crippen MR) is 81.0 cm³/mol. The van der Waals surface area contributed by atoms with E-state index in [1.807, 2.05) is 0 Å². The highest BCUT2D eigenvalue weighted by atomic mass is 35.5. The summed E-state index contributed by atoms with van der Waals surface area (Å²) in [6.07, 6.45) is -3.93. The number of pyridine rings is 2. The molecule has 0 aliphatic heterocycles. The fourth-order valence-corrected chi connectivity index (χ4v) is 2.01. The molecular formula is C13H9Cl2F3N4O. The summed E-state index contributed by atoms with van der Waals surface area (Å²) < 4.78 is 38.3. The number of alkyl halides is 3. The highest BCUT2D eigenvalue weighted by Gasteiger charge is 2.32. The van der Waals surface area contributed by atoms with Crippen LogP contribution < -0.4 is 10.6 Å². The minimum absolute atomic E-state index is 0.0119. The average molecular weight is 365 g/mol. The van der Waals surface area contributed by atoms with Gasteiger partial charge in [-0.25, -0.2) is 9.97 Å². The summed E-state index contributed by atoms with van der Waals surface area (Å²) in [7, 11) is 1.45. The quantitative estimate of drug-likeness (QED) is 0.804. The second-order valence-corrected chi connectivity index (χ2v) is 5.08. The zero-order valence-electron chi connectivity index (χ0n) is 11.5. The molecule has 2 N–H and O–H groups in total. The summed E-state index contributed by atoms with van der Waals surface area (Å²) in [5, 5.41) is 4.91. The normalized spacial score (nSPS) is 11.2. The number of hydrogen-bond acceptors (Lipinski definition) is 4. The second kappa shape index (κ2) is 6.59. The van der Waals surface area contributed by atoms with Crippen LogP contribution in [0.4, 0.5) is 24.7 Å². The third kappa shape index (κ3) is 4.02. The molecule has 2 heterocycles. The van der Waals surface area contributed by atoms with E-state index in [9.17, 15) is 18.0 Å². The number of aromatic nitrogens is 2. The van der Waals surface area contributed by atoms with Gasteiger partial charge in [-0.05, 0) is 18.2 Å². The number of carbonyl (C=O) groups is 1. The predicted octanol–water partition coefficient (Wildman–Crippen LogP) is 4.10. The highest BCUT2D eigenvalue weighted by molar-refractivity contribution is 6.35. The Morgan fingerprint density at radius 1 is 1.26 bits per heavy atom. The molecule has 0 radical (unpaired) electrons. The summed E-state index contributed by atoms with van der Waals surface area (Å²) in [5.41, 5.74) is -1.37. The minimum Gasteiger partial charge on any atom is -0.371 e. The molecule has 0 aliphatic rings. The summed E-state index contributed by atoms with van der Waals surface area (Å²) in [5.74, 6) is -0.750. The molecule has 0 saturated carbocycles. The molecule has 122 valence electrons. The van der Waals surface area contributed by atoms with Gasteiger partial charge >= 0.3 is 6.18 Å². The first kappa shape index (κ1) is 17.3. The Balaban J connectivity index is 2.38. The number of hydrogen-bond donors (Lipinski definition) is 2. The molecule has 10 heteroatoms. The molecule has 0 unspecified atom stereocenters. The Morgan fingerprint density at radius 2 is 1.96 bits per heavy atom. The van der Waals surface area contributed by atoms with Crippen molar-refractivity contribution in [2.45, 2.75) is 6.18 Å². The van der Waals surface area contributed by atoms with Crippen molar-refractivity contribution in [1.82, 2.24) is 9.97 Å². The molecule has 0 aromatic carbocycles. The van der Waals surface area contributed by atoms with Crippen molar-refractivity contribution in [1.29, 1.82) is 0 Å². The fraction of sp³-hybridized carbons (Fsp3) is 0.154. The molecule has 0 fully saturated rings. The molecule has 0 atom stereocenters. The number of amides is 1. The number of halogens is 5. The largest absolute Gasteiger partial charge is 0.417 e. The molecule has 0 spiro atoms. The zero-order chi connectivity index (χ0) is 17.2. The first-order valence-corrected chi connectivity index (χ1v) is 6.86. The lowest BCUT2D eigenvalue weighted by Crippen LogP contribution is -2.17. The lowest BCUT2D eigenvalue weighted by molar-refractivity contribution is -0.137. The van der Waals surface area contributed by atoms with Crippen molar-refractivity contribution in [2.75, 3.05) is 17.7 Å². The standard InChI is InChI=1S/C13H9Cl2F3N4O/c1-19-11-8(4-6(5-20-11)13(16,17)18)21-12(23)10-7(14)2-3-9(15)22-10/h2-5H,1H3,(H,19,20)(H,21,23). The Hall–Kier alpha value is -2.06. The lowest BCUT2D eigenvalue weighted by atomic mass is 10.2. The molecular weight excluding hydrogens is 356 g/mol. The van der Waals surface area contributed by atoms with Crippen LogP contribution in [0.25, 0.3) is 0 Å². The van der Waals surface area contributed by atoms with Crippen molar-refractivity contribution in [2.24, 2.45) is 0 Å². The third-order valence-electron chi connectivity index (χ3n) is 2.73. The maximum Gasteiger partial charge on any atom is 0.417 e. The summed E-state index contributed by atoms with van der Waals surface area (Å²) in [6.45, 7) is 0. The number of anilines is 2. The second-order valence-electron chi connectivity index (χ2n) is 4.29. The van der Waals surface area contributed by atoms with Gasteiger partial charge in [0.15, 0.2) is 0 Å². The fourth-order valence-electron chi connectivity index (χ4n) is 1.67. The first-order valence-electron chi connectivity index (χ1n) is 6.10. The molecule has 2 rings (SSSR count). The van der Waals surface area contributed by atoms with Gasteiger partial charge in [0, 0.05) is 13.2 Å². The van der Waals surface area contributed by atoms with Gasteiger partial charge in [0.2, 0.25) is 0 Å². The molecule has 0 saturated heterocycles. The molecule has 2 aromatic rings. The van der Waals surface area contributed by atoms with Crippen molar-refractivity contribution < 1.29 is 18.0 Å². The van der Waals surface area contributed by atoms with Gasteiger partial charge in [-0.3, -0.25) is 4.79 Å². The smallest absolute Gasteiger partial charge is 0.371 e. The third-order valence-corrected chi connectivity index (χ3v) is 3.24. The lowest BCUT2D eigenvalue weighted by Gasteiger charge is -2.13. The molecule has 0 bridgehead atoms. The van der Waals surface area contributed by atoms with Crippen LogP contribution >= 0.6 is 23.2 Å². The van der Waals surface area contributed by atoms with Crippen LogP contribution in [0.2, 0.25) is 10.2 Å². The van der Waals surface area contributed by atoms with E-state index in [1.54, 1.807) is 0 Å². The Bertz CT molecular complexity index is 752. The zero-order valence-corrected chi connectivity index (χ0v) is 13.0. The van der Waals surface area contributed by atoms with Crippen LogP contribution in [0.1, 0.15) is 16.1 Å². The van der Waals surface area contributed by atoms with Crippen LogP contribution in [0.3, 0.4) is 0 Å². The van der Waals surface area contributed by atoms with Gasteiger partial charge < -0.3 is 10.6 Å². The van der Waals surface area contributed by atoms with E-state index in [2.05, 4.69) is 20.6 Å². The van der Waals surface area contributed by atoms with Gasteiger partial charge in [0.25, 0.3) is 5.91 Å². The van der Waals surface area contributed by atoms with Gasteiger partial charge in [-0.2, -0.15) is 13.2 Å². The van der Waals surface area contributed by atoms with Crippen LogP contribution in [-0.4, -0.2) is 22.9 Å². The van der Waals surface area contributed by atoms with E-state index in [4.69, 9.17) is 23.2 Å². The summed E-state index contributed by atoms with van der Waals surface area (Å²) in [6, 6.07) is 3.50. The van der Waals surface area contributed by atoms with E-state index in [0.717, 1.165) is 6.07 Å².